The number of aryl methyl sites for hydroxylation is 2. The zero-order valence-electron chi connectivity index (χ0n) is 26.5. The van der Waals surface area contributed by atoms with Gasteiger partial charge in [-0.05, 0) is 51.3 Å². The van der Waals surface area contributed by atoms with Gasteiger partial charge >= 0.3 is 5.97 Å². The topological polar surface area (TPSA) is 162 Å². The highest BCUT2D eigenvalue weighted by Crippen LogP contribution is 2.38. The summed E-state index contributed by atoms with van der Waals surface area (Å²) in [6.45, 7) is 5.17. The number of nitrogens with one attached hydrogen (secondary N) is 2. The zero-order chi connectivity index (χ0) is 34.6. The average Bonchev–Trinajstić information content (AvgIpc) is 3.71. The molecule has 2 N–H and O–H groups in total. The summed E-state index contributed by atoms with van der Waals surface area (Å²) < 4.78 is 13.0. The normalized spacial score (nSPS) is 13.7. The van der Waals surface area contributed by atoms with Gasteiger partial charge in [0.05, 0.1) is 21.8 Å². The Hall–Kier alpha value is -4.81. The second kappa shape index (κ2) is 14.1. The van der Waals surface area contributed by atoms with E-state index in [0.29, 0.717) is 37.9 Å². The predicted molar refractivity (Wildman–Crippen MR) is 178 cm³/mol. The summed E-state index contributed by atoms with van der Waals surface area (Å²) in [6, 6.07) is 14.1. The summed E-state index contributed by atoms with van der Waals surface area (Å²) in [5, 5.41) is 5.56. The Morgan fingerprint density at radius 2 is 1.77 bits per heavy atom. The number of hydrogen-bond donors (Lipinski definition) is 2. The van der Waals surface area contributed by atoms with Crippen LogP contribution in [0.25, 0.3) is 11.3 Å². The van der Waals surface area contributed by atoms with Crippen LogP contribution >= 0.6 is 23.2 Å². The zero-order valence-corrected chi connectivity index (χ0v) is 28.0. The first-order chi connectivity index (χ1) is 22.8. The number of ether oxygens (including phenoxy) is 1. The van der Waals surface area contributed by atoms with Crippen LogP contribution in [0.2, 0.25) is 10.0 Å². The predicted octanol–water partition coefficient (Wildman–Crippen LogP) is 5.28. The number of carbonyl (C=O) groups excluding carboxylic acids is 4. The maximum Gasteiger partial charge on any atom is 0.342 e. The number of rotatable bonds is 11. The van der Waals surface area contributed by atoms with E-state index in [1.807, 2.05) is 30.3 Å². The van der Waals surface area contributed by atoms with Crippen molar-refractivity contribution < 1.29 is 28.3 Å². The van der Waals surface area contributed by atoms with Crippen LogP contribution in [0.3, 0.4) is 0 Å². The molecule has 0 fully saturated rings. The van der Waals surface area contributed by atoms with E-state index in [2.05, 4.69) is 20.6 Å². The Morgan fingerprint density at radius 3 is 2.44 bits per heavy atom. The molecule has 0 saturated carbocycles. The third-order valence-corrected chi connectivity index (χ3v) is 8.17. The second-order valence-electron chi connectivity index (χ2n) is 12.2. The molecule has 12 nitrogen and oxygen atoms in total. The van der Waals surface area contributed by atoms with Crippen LogP contribution in [0, 0.1) is 0 Å². The van der Waals surface area contributed by atoms with Crippen LogP contribution in [-0.2, 0) is 44.0 Å². The van der Waals surface area contributed by atoms with Gasteiger partial charge in [-0.3, -0.25) is 19.0 Å². The molecule has 3 heterocycles. The monoisotopic (exact) mass is 693 g/mol. The van der Waals surface area contributed by atoms with Gasteiger partial charge in [0.25, 0.3) is 11.5 Å². The minimum absolute atomic E-state index is 0.0168. The number of fused-ring (bicyclic) bond motifs is 1. The molecule has 2 aromatic carbocycles. The highest BCUT2D eigenvalue weighted by Gasteiger charge is 2.50. The van der Waals surface area contributed by atoms with Crippen LogP contribution in [0.5, 0.6) is 0 Å². The number of carbonyl (C=O) groups is 4. The van der Waals surface area contributed by atoms with E-state index in [-0.39, 0.29) is 33.5 Å². The van der Waals surface area contributed by atoms with Crippen LogP contribution in [0.4, 0.5) is 5.69 Å². The highest BCUT2D eigenvalue weighted by molar-refractivity contribution is 6.39. The molecule has 2 amide bonds. The molecule has 250 valence electrons. The number of benzene rings is 2. The van der Waals surface area contributed by atoms with E-state index < -0.39 is 52.5 Å². The summed E-state index contributed by atoms with van der Waals surface area (Å²) in [4.78, 5) is 75.7. The lowest BCUT2D eigenvalue weighted by Crippen LogP contribution is -2.55. The minimum Gasteiger partial charge on any atom is -0.458 e. The molecule has 1 unspecified atom stereocenters. The van der Waals surface area contributed by atoms with Gasteiger partial charge in [0.1, 0.15) is 23.4 Å². The molecule has 1 aliphatic heterocycles. The number of aldehydes is 1. The third kappa shape index (κ3) is 7.34. The standard InChI is InChI=1S/C34H33Cl2N5O7/c1-33(2,3)48-32(46)34(16-18-42,31-37-19-23(47-31)26-21(35)11-7-12-22(26)36)40-29(44)27-28(30(45)41-17-8-13-24(41)38-27)39-25(43)15-14-20-9-5-4-6-10-20/h4-7,9-12,18-19H,8,13-17H2,1-3H3,(H,39,43)(H,40,44). The Bertz CT molecular complexity index is 1910. The number of esters is 1. The number of anilines is 1. The molecule has 2 aromatic heterocycles. The van der Waals surface area contributed by atoms with Gasteiger partial charge in [-0.15, -0.1) is 0 Å². The molecule has 0 aliphatic carbocycles. The minimum atomic E-state index is -2.33. The first kappa shape index (κ1) is 34.5. The lowest BCUT2D eigenvalue weighted by molar-refractivity contribution is -0.165. The van der Waals surface area contributed by atoms with E-state index in [1.54, 1.807) is 39.0 Å². The van der Waals surface area contributed by atoms with Gasteiger partial charge < -0.3 is 24.6 Å². The van der Waals surface area contributed by atoms with Crippen molar-refractivity contribution >= 4 is 53.0 Å². The lowest BCUT2D eigenvalue weighted by Gasteiger charge is -2.31. The fourth-order valence-corrected chi connectivity index (χ4v) is 5.86. The summed E-state index contributed by atoms with van der Waals surface area (Å²) in [5.41, 5.74) is -3.65. The molecule has 5 rings (SSSR count). The van der Waals surface area contributed by atoms with Gasteiger partial charge in [-0.25, -0.2) is 14.8 Å². The molecule has 0 saturated heterocycles. The largest absolute Gasteiger partial charge is 0.458 e. The van der Waals surface area contributed by atoms with Crippen LogP contribution in [0.1, 0.15) is 67.8 Å². The number of halogens is 2. The second-order valence-corrected chi connectivity index (χ2v) is 13.0. The summed E-state index contributed by atoms with van der Waals surface area (Å²) in [6.07, 6.45) is 2.38. The molecule has 0 radical (unpaired) electrons. The van der Waals surface area contributed by atoms with Crippen molar-refractivity contribution in [3.05, 3.63) is 98.1 Å². The number of oxazole rings is 1. The van der Waals surface area contributed by atoms with Crippen molar-refractivity contribution in [3.63, 3.8) is 0 Å². The molecule has 14 heteroatoms. The Kier molecular flexibility index (Phi) is 10.2. The van der Waals surface area contributed by atoms with E-state index >= 15 is 0 Å². The third-order valence-electron chi connectivity index (χ3n) is 7.54. The van der Waals surface area contributed by atoms with Crippen molar-refractivity contribution in [1.82, 2.24) is 19.9 Å². The van der Waals surface area contributed by atoms with Crippen molar-refractivity contribution in [2.45, 2.75) is 70.6 Å². The van der Waals surface area contributed by atoms with Gasteiger partial charge in [0, 0.05) is 25.8 Å². The number of aromatic nitrogens is 3. The number of hydrogen-bond acceptors (Lipinski definition) is 9. The van der Waals surface area contributed by atoms with Crippen molar-refractivity contribution in [2.75, 3.05) is 5.32 Å². The summed E-state index contributed by atoms with van der Waals surface area (Å²) in [5.74, 6) is -2.67. The van der Waals surface area contributed by atoms with Crippen molar-refractivity contribution in [1.29, 1.82) is 0 Å². The maximum atomic E-state index is 14.2. The molecule has 0 spiro atoms. The molecular formula is C34H33Cl2N5O7. The fourth-order valence-electron chi connectivity index (χ4n) is 5.27. The smallest absolute Gasteiger partial charge is 0.342 e. The van der Waals surface area contributed by atoms with Gasteiger partial charge in [0.2, 0.25) is 17.3 Å². The van der Waals surface area contributed by atoms with E-state index in [1.165, 1.54) is 10.8 Å². The van der Waals surface area contributed by atoms with Crippen LogP contribution < -0.4 is 16.2 Å². The Balaban J connectivity index is 1.56. The van der Waals surface area contributed by atoms with E-state index in [0.717, 1.165) is 5.56 Å². The number of nitrogens with zero attached hydrogens (tertiary/aromatic N) is 3. The summed E-state index contributed by atoms with van der Waals surface area (Å²) in [7, 11) is 0. The fraction of sp³-hybridized carbons (Fsp3) is 0.324. The SMILES string of the molecule is CC(C)(C)OC(=O)C(CC=O)(NC(=O)c1nc2n(c(=O)c1NC(=O)CCc1ccccc1)CCC2)c1ncc(-c2c(Cl)cccc2Cl)o1. The quantitative estimate of drug-likeness (QED) is 0.157. The van der Waals surface area contributed by atoms with E-state index in [4.69, 9.17) is 32.4 Å². The molecule has 48 heavy (non-hydrogen) atoms. The molecule has 1 aliphatic rings. The number of amides is 2. The lowest BCUT2D eigenvalue weighted by atomic mass is 9.94. The van der Waals surface area contributed by atoms with Crippen LogP contribution in [0.15, 0.2) is 63.9 Å². The molecule has 0 bridgehead atoms. The highest BCUT2D eigenvalue weighted by atomic mass is 35.5. The van der Waals surface area contributed by atoms with E-state index in [9.17, 15) is 24.0 Å². The van der Waals surface area contributed by atoms with Gasteiger partial charge in [0.15, 0.2) is 11.5 Å². The van der Waals surface area contributed by atoms with Gasteiger partial charge in [-0.1, -0.05) is 59.6 Å². The Morgan fingerprint density at radius 1 is 1.06 bits per heavy atom. The molecular weight excluding hydrogens is 661 g/mol. The van der Waals surface area contributed by atoms with Crippen molar-refractivity contribution in [3.8, 4) is 11.3 Å². The molecule has 4 aromatic rings. The molecule has 1 atom stereocenters. The maximum absolute atomic E-state index is 14.2. The van der Waals surface area contributed by atoms with Crippen molar-refractivity contribution in [2.24, 2.45) is 0 Å². The van der Waals surface area contributed by atoms with Crippen LogP contribution in [-0.4, -0.2) is 44.2 Å². The first-order valence-corrected chi connectivity index (χ1v) is 16.0. The Labute approximate surface area is 285 Å². The first-order valence-electron chi connectivity index (χ1n) is 15.2. The average molecular weight is 695 g/mol. The van der Waals surface area contributed by atoms with Gasteiger partial charge in [-0.2, -0.15) is 0 Å². The summed E-state index contributed by atoms with van der Waals surface area (Å²) >= 11 is 12.8.